The van der Waals surface area contributed by atoms with E-state index in [-0.39, 0.29) is 31.0 Å². The molecule has 56 heavy (non-hydrogen) atoms. The maximum absolute atomic E-state index is 14.7. The predicted octanol–water partition coefficient (Wildman–Crippen LogP) is 6.50. The SMILES string of the molecule is CCC1C[C@]1(NC(=O)[C@@H]1CC(Oc2cc(-c3nc(NC(C)C)sc3Cl)nc3cc(OC)ccc23)CN1C(=O)[C@@H](NC(=O)O[C@@H]1C[C@@H]2C[C@@H]2C1)C(C)(C)C)C(=O)O. The molecular weight excluding hydrogens is 760 g/mol. The number of methoxy groups -OCH3 is 1. The van der Waals surface area contributed by atoms with Gasteiger partial charge in [-0.25, -0.2) is 19.6 Å². The zero-order valence-corrected chi connectivity index (χ0v) is 34.4. The third-order valence-electron chi connectivity index (χ3n) is 11.5. The van der Waals surface area contributed by atoms with Gasteiger partial charge in [-0.3, -0.25) is 9.59 Å². The Labute approximate surface area is 335 Å². The van der Waals surface area contributed by atoms with Crippen molar-refractivity contribution in [1.82, 2.24) is 25.5 Å². The zero-order valence-electron chi connectivity index (χ0n) is 32.8. The molecule has 2 unspecified atom stereocenters. The molecule has 1 aliphatic heterocycles. The number of carboxylic acid groups (broad SMARTS) is 1. The number of hydrogen-bond donors (Lipinski definition) is 4. The summed E-state index contributed by atoms with van der Waals surface area (Å²) in [6.45, 7) is 11.4. The number of aromatic nitrogens is 2. The Morgan fingerprint density at radius 2 is 1.80 bits per heavy atom. The smallest absolute Gasteiger partial charge is 0.408 e. The van der Waals surface area contributed by atoms with Crippen molar-refractivity contribution in [3.8, 4) is 22.9 Å². The molecule has 3 aliphatic carbocycles. The van der Waals surface area contributed by atoms with E-state index in [0.717, 1.165) is 12.8 Å². The molecule has 2 aromatic heterocycles. The van der Waals surface area contributed by atoms with Crippen LogP contribution in [0.2, 0.25) is 4.34 Å². The van der Waals surface area contributed by atoms with Gasteiger partial charge in [-0.05, 0) is 74.8 Å². The van der Waals surface area contributed by atoms with Crippen LogP contribution in [0.5, 0.6) is 11.5 Å². The molecule has 8 atom stereocenters. The number of alkyl carbamates (subject to hydrolysis) is 1. The molecule has 0 radical (unpaired) electrons. The number of rotatable bonds is 13. The number of ether oxygens (including phenoxy) is 3. The summed E-state index contributed by atoms with van der Waals surface area (Å²) in [6, 6.07) is 5.12. The van der Waals surface area contributed by atoms with Gasteiger partial charge >= 0.3 is 12.1 Å². The first kappa shape index (κ1) is 39.8. The first-order chi connectivity index (χ1) is 26.5. The van der Waals surface area contributed by atoms with Gasteiger partial charge in [0, 0.05) is 30.0 Å². The van der Waals surface area contributed by atoms with E-state index < -0.39 is 53.0 Å². The lowest BCUT2D eigenvalue weighted by Gasteiger charge is -2.35. The van der Waals surface area contributed by atoms with Crippen LogP contribution in [0.15, 0.2) is 24.3 Å². The average Bonchev–Trinajstić information content (AvgIpc) is 3.86. The summed E-state index contributed by atoms with van der Waals surface area (Å²) in [5, 5.41) is 20.4. The Kier molecular flexibility index (Phi) is 10.8. The molecule has 16 heteroatoms. The number of nitrogens with zero attached hydrogens (tertiary/aromatic N) is 3. The normalized spacial score (nSPS) is 27.1. The lowest BCUT2D eigenvalue weighted by Crippen LogP contribution is -2.59. The monoisotopic (exact) mass is 810 g/mol. The molecule has 4 fully saturated rings. The molecule has 302 valence electrons. The van der Waals surface area contributed by atoms with E-state index >= 15 is 0 Å². The molecule has 14 nitrogen and oxygen atoms in total. The fourth-order valence-electron chi connectivity index (χ4n) is 8.31. The van der Waals surface area contributed by atoms with Crippen molar-refractivity contribution in [1.29, 1.82) is 0 Å². The number of anilines is 1. The largest absolute Gasteiger partial charge is 0.497 e. The molecule has 3 amide bonds. The number of halogens is 1. The first-order valence-corrected chi connectivity index (χ1v) is 20.6. The lowest BCUT2D eigenvalue weighted by atomic mass is 9.85. The molecule has 4 aliphatic rings. The molecule has 3 heterocycles. The van der Waals surface area contributed by atoms with Gasteiger partial charge in [-0.1, -0.05) is 57.1 Å². The summed E-state index contributed by atoms with van der Waals surface area (Å²) >= 11 is 8.00. The van der Waals surface area contributed by atoms with Crippen molar-refractivity contribution in [2.24, 2.45) is 23.2 Å². The number of carbonyl (C=O) groups excluding carboxylic acids is 3. The van der Waals surface area contributed by atoms with Gasteiger partial charge in [-0.15, -0.1) is 0 Å². The highest BCUT2D eigenvalue weighted by atomic mass is 35.5. The summed E-state index contributed by atoms with van der Waals surface area (Å²) in [5.74, 6) is -0.205. The molecule has 4 N–H and O–H groups in total. The standard InChI is InChI=1S/C40H51ClN6O8S/c1-8-22-17-40(22,36(50)51)46-34(48)29-15-25(18-47(29)35(49)32(39(4,5)6)45-38(52)55-24-12-20-11-21(20)13-24)54-30-16-28(31-33(41)56-37(44-31)42-19(2)3)43-27-14-23(53-7)9-10-26(27)30/h9-10,14,16,19-22,24-25,29,32H,8,11-13,15,17-18H2,1-7H3,(H,42,44)(H,45,52)(H,46,48)(H,50,51)/t20-,21+,22?,24+,25?,29-,32+,40+/m0/s1. The second-order valence-electron chi connectivity index (χ2n) is 17.1. The first-order valence-electron chi connectivity index (χ1n) is 19.4. The highest BCUT2D eigenvalue weighted by Crippen LogP contribution is 2.52. The topological polar surface area (TPSA) is 181 Å². The minimum Gasteiger partial charge on any atom is -0.497 e. The van der Waals surface area contributed by atoms with Crippen molar-refractivity contribution in [3.63, 3.8) is 0 Å². The van der Waals surface area contributed by atoms with Crippen LogP contribution in [0.1, 0.15) is 80.1 Å². The maximum Gasteiger partial charge on any atom is 0.408 e. The van der Waals surface area contributed by atoms with Crippen LogP contribution in [-0.2, 0) is 19.1 Å². The summed E-state index contributed by atoms with van der Waals surface area (Å²) < 4.78 is 18.4. The van der Waals surface area contributed by atoms with Crippen LogP contribution in [0.4, 0.5) is 9.93 Å². The zero-order chi connectivity index (χ0) is 40.3. The molecular formula is C40H51ClN6O8S. The van der Waals surface area contributed by atoms with Crippen LogP contribution >= 0.6 is 22.9 Å². The van der Waals surface area contributed by atoms with E-state index in [9.17, 15) is 24.3 Å². The number of carboxylic acids is 1. The Hall–Kier alpha value is -4.37. The number of pyridine rings is 1. The highest BCUT2D eigenvalue weighted by Gasteiger charge is 2.61. The van der Waals surface area contributed by atoms with E-state index in [4.69, 9.17) is 35.8 Å². The van der Waals surface area contributed by atoms with Gasteiger partial charge in [0.2, 0.25) is 11.8 Å². The van der Waals surface area contributed by atoms with Crippen molar-refractivity contribution >= 4 is 62.8 Å². The fourth-order valence-corrected chi connectivity index (χ4v) is 9.52. The van der Waals surface area contributed by atoms with Gasteiger partial charge in [0.15, 0.2) is 5.13 Å². The number of nitrogens with one attached hydrogen (secondary N) is 3. The van der Waals surface area contributed by atoms with Gasteiger partial charge in [0.25, 0.3) is 0 Å². The molecule has 0 spiro atoms. The number of likely N-dealkylation sites (tertiary alicyclic amines) is 1. The summed E-state index contributed by atoms with van der Waals surface area (Å²) in [6.07, 6.45) is 2.19. The minimum absolute atomic E-state index is 0.0152. The molecule has 1 saturated heterocycles. The number of carbonyl (C=O) groups is 4. The molecule has 3 saturated carbocycles. The Morgan fingerprint density at radius 3 is 2.43 bits per heavy atom. The van der Waals surface area contributed by atoms with Crippen molar-refractivity contribution in [2.75, 3.05) is 19.0 Å². The van der Waals surface area contributed by atoms with E-state index in [1.165, 1.54) is 22.7 Å². The van der Waals surface area contributed by atoms with Crippen molar-refractivity contribution < 1.29 is 38.5 Å². The Morgan fingerprint density at radius 1 is 1.07 bits per heavy atom. The molecule has 1 aromatic carbocycles. The van der Waals surface area contributed by atoms with Crippen LogP contribution in [-0.4, -0.2) is 93.4 Å². The number of aliphatic carboxylic acids is 1. The lowest BCUT2D eigenvalue weighted by molar-refractivity contribution is -0.146. The van der Waals surface area contributed by atoms with Crippen molar-refractivity contribution in [2.45, 2.75) is 116 Å². The fraction of sp³-hybridized carbons (Fsp3) is 0.600. The van der Waals surface area contributed by atoms with Gasteiger partial charge in [-0.2, -0.15) is 0 Å². The summed E-state index contributed by atoms with van der Waals surface area (Å²) in [5.41, 5.74) is -0.706. The van der Waals surface area contributed by atoms with Crippen LogP contribution < -0.4 is 25.4 Å². The van der Waals surface area contributed by atoms with Crippen LogP contribution in [0.3, 0.4) is 0 Å². The minimum atomic E-state index is -1.40. The predicted molar refractivity (Wildman–Crippen MR) is 212 cm³/mol. The Bertz CT molecular complexity index is 2030. The second-order valence-corrected chi connectivity index (χ2v) is 18.7. The second kappa shape index (κ2) is 15.2. The van der Waals surface area contributed by atoms with E-state index in [1.807, 2.05) is 47.6 Å². The summed E-state index contributed by atoms with van der Waals surface area (Å²) in [4.78, 5) is 65.5. The van der Waals surface area contributed by atoms with Gasteiger partial charge in [0.05, 0.1) is 24.9 Å². The molecule has 3 aromatic rings. The highest BCUT2D eigenvalue weighted by molar-refractivity contribution is 7.20. The Balaban J connectivity index is 1.20. The maximum atomic E-state index is 14.7. The van der Waals surface area contributed by atoms with Gasteiger partial charge in [0.1, 0.15) is 51.4 Å². The third-order valence-corrected chi connectivity index (χ3v) is 12.7. The quantitative estimate of drug-likeness (QED) is 0.148. The van der Waals surface area contributed by atoms with Crippen LogP contribution in [0, 0.1) is 23.2 Å². The number of amides is 3. The van der Waals surface area contributed by atoms with Crippen molar-refractivity contribution in [3.05, 3.63) is 28.6 Å². The van der Waals surface area contributed by atoms with E-state index in [0.29, 0.717) is 67.9 Å². The molecule has 7 rings (SSSR count). The van der Waals surface area contributed by atoms with Crippen LogP contribution in [0.25, 0.3) is 22.3 Å². The third kappa shape index (κ3) is 8.07. The number of benzene rings is 1. The van der Waals surface area contributed by atoms with Gasteiger partial charge < -0.3 is 40.2 Å². The molecule has 0 bridgehead atoms. The van der Waals surface area contributed by atoms with E-state index in [2.05, 4.69) is 16.0 Å². The average molecular weight is 811 g/mol. The number of thiazole rings is 1. The van der Waals surface area contributed by atoms with E-state index in [1.54, 1.807) is 25.3 Å². The summed E-state index contributed by atoms with van der Waals surface area (Å²) in [7, 11) is 1.56. The number of fused-ring (bicyclic) bond motifs is 2. The number of hydrogen-bond acceptors (Lipinski definition) is 11.